The van der Waals surface area contributed by atoms with E-state index in [1.54, 1.807) is 0 Å². The highest BCUT2D eigenvalue weighted by Gasteiger charge is 2.29. The summed E-state index contributed by atoms with van der Waals surface area (Å²) in [5.74, 6) is 0. The summed E-state index contributed by atoms with van der Waals surface area (Å²) in [6, 6.07) is 6.39. The summed E-state index contributed by atoms with van der Waals surface area (Å²) in [6.07, 6.45) is 0. The van der Waals surface area contributed by atoms with Crippen molar-refractivity contribution < 1.29 is 0 Å². The van der Waals surface area contributed by atoms with Gasteiger partial charge in [-0.2, -0.15) is 0 Å². The van der Waals surface area contributed by atoms with Crippen LogP contribution in [-0.4, -0.2) is 0 Å². The minimum absolute atomic E-state index is 0.138. The highest BCUT2D eigenvalue weighted by atomic mass is 79.9. The lowest BCUT2D eigenvalue weighted by Crippen LogP contribution is -2.28. The summed E-state index contributed by atoms with van der Waals surface area (Å²) >= 11 is 3.56. The fraction of sp³-hybridized carbons (Fsp3) is 0.400. The van der Waals surface area contributed by atoms with E-state index in [9.17, 15) is 0 Å². The van der Waals surface area contributed by atoms with Gasteiger partial charge in [-0.3, -0.25) is 0 Å². The van der Waals surface area contributed by atoms with E-state index in [1.165, 1.54) is 15.6 Å². The number of nitrogens with one attached hydrogen (secondary N) is 1. The van der Waals surface area contributed by atoms with Crippen LogP contribution in [0, 0.1) is 0 Å². The highest BCUT2D eigenvalue weighted by molar-refractivity contribution is 9.10. The van der Waals surface area contributed by atoms with Gasteiger partial charge in [-0.15, -0.1) is 0 Å². The van der Waals surface area contributed by atoms with E-state index < -0.39 is 0 Å². The minimum atomic E-state index is 0.138. The first-order valence-electron chi connectivity index (χ1n) is 4.14. The second kappa shape index (κ2) is 2.57. The molecule has 0 radical (unpaired) electrons. The molecule has 1 aliphatic heterocycles. The molecule has 1 N–H and O–H groups in total. The number of hydrogen-bond acceptors (Lipinski definition) is 1. The van der Waals surface area contributed by atoms with Gasteiger partial charge in [0.15, 0.2) is 0 Å². The zero-order valence-electron chi connectivity index (χ0n) is 7.32. The van der Waals surface area contributed by atoms with Gasteiger partial charge in [0, 0.05) is 16.6 Å². The number of benzene rings is 1. The average molecular weight is 226 g/mol. The third-order valence-electron chi connectivity index (χ3n) is 2.50. The average Bonchev–Trinajstić information content (AvgIpc) is 2.30. The molecule has 0 saturated heterocycles. The molecule has 12 heavy (non-hydrogen) atoms. The third-order valence-corrected chi connectivity index (χ3v) is 3.24. The van der Waals surface area contributed by atoms with Gasteiger partial charge < -0.3 is 5.32 Å². The van der Waals surface area contributed by atoms with Gasteiger partial charge in [0.2, 0.25) is 0 Å². The van der Waals surface area contributed by atoms with Crippen LogP contribution < -0.4 is 5.32 Å². The fourth-order valence-electron chi connectivity index (χ4n) is 1.73. The lowest BCUT2D eigenvalue weighted by molar-refractivity contribution is 0.442. The van der Waals surface area contributed by atoms with Crippen molar-refractivity contribution in [1.29, 1.82) is 0 Å². The number of rotatable bonds is 0. The van der Waals surface area contributed by atoms with Crippen molar-refractivity contribution in [1.82, 2.24) is 5.32 Å². The van der Waals surface area contributed by atoms with Crippen molar-refractivity contribution in [2.24, 2.45) is 0 Å². The summed E-state index contributed by atoms with van der Waals surface area (Å²) < 4.78 is 1.22. The molecule has 1 aromatic carbocycles. The third kappa shape index (κ3) is 1.10. The Kier molecular flexibility index (Phi) is 1.77. The molecule has 0 fully saturated rings. The maximum atomic E-state index is 3.56. The predicted molar refractivity (Wildman–Crippen MR) is 54.0 cm³/mol. The standard InChI is InChI=1S/C10H12BrN/c1-10(2)8-4-3-5-9(11)7(8)6-12-10/h3-5,12H,6H2,1-2H3. The first kappa shape index (κ1) is 8.27. The van der Waals surface area contributed by atoms with Gasteiger partial charge in [-0.05, 0) is 31.0 Å². The molecule has 0 aromatic heterocycles. The predicted octanol–water partition coefficient (Wildman–Crippen LogP) is 2.79. The van der Waals surface area contributed by atoms with Crippen LogP contribution in [0.25, 0.3) is 0 Å². The van der Waals surface area contributed by atoms with Gasteiger partial charge >= 0.3 is 0 Å². The molecule has 1 aromatic rings. The summed E-state index contributed by atoms with van der Waals surface area (Å²) in [5, 5.41) is 3.47. The molecule has 0 unspecified atom stereocenters. The SMILES string of the molecule is CC1(C)NCc2c(Br)cccc21. The molecule has 2 heteroatoms. The molecule has 64 valence electrons. The maximum Gasteiger partial charge on any atom is 0.0383 e. The Morgan fingerprint density at radius 1 is 1.42 bits per heavy atom. The van der Waals surface area contributed by atoms with E-state index in [0.717, 1.165) is 6.54 Å². The van der Waals surface area contributed by atoms with Crippen molar-refractivity contribution in [3.63, 3.8) is 0 Å². The minimum Gasteiger partial charge on any atom is -0.304 e. The van der Waals surface area contributed by atoms with Crippen LogP contribution in [0.15, 0.2) is 22.7 Å². The van der Waals surface area contributed by atoms with E-state index in [1.807, 2.05) is 0 Å². The van der Waals surface area contributed by atoms with E-state index in [-0.39, 0.29) is 5.54 Å². The van der Waals surface area contributed by atoms with Crippen LogP contribution in [0.3, 0.4) is 0 Å². The largest absolute Gasteiger partial charge is 0.304 e. The van der Waals surface area contributed by atoms with E-state index in [0.29, 0.717) is 0 Å². The van der Waals surface area contributed by atoms with Crippen LogP contribution in [0.4, 0.5) is 0 Å². The molecule has 0 bridgehead atoms. The van der Waals surface area contributed by atoms with E-state index in [2.05, 4.69) is 53.3 Å². The molecule has 2 rings (SSSR count). The molecule has 0 saturated carbocycles. The highest BCUT2D eigenvalue weighted by Crippen LogP contribution is 2.34. The van der Waals surface area contributed by atoms with Crippen LogP contribution in [-0.2, 0) is 12.1 Å². The maximum absolute atomic E-state index is 3.56. The number of fused-ring (bicyclic) bond motifs is 1. The van der Waals surface area contributed by atoms with E-state index in [4.69, 9.17) is 0 Å². The fourth-order valence-corrected chi connectivity index (χ4v) is 2.23. The van der Waals surface area contributed by atoms with Gasteiger partial charge in [-0.25, -0.2) is 0 Å². The molecular weight excluding hydrogens is 214 g/mol. The topological polar surface area (TPSA) is 12.0 Å². The number of halogens is 1. The monoisotopic (exact) mass is 225 g/mol. The second-order valence-electron chi connectivity index (χ2n) is 3.74. The molecule has 1 aliphatic rings. The van der Waals surface area contributed by atoms with Crippen LogP contribution in [0.1, 0.15) is 25.0 Å². The number of hydrogen-bond donors (Lipinski definition) is 1. The summed E-state index contributed by atoms with van der Waals surface area (Å²) in [6.45, 7) is 5.40. The Hall–Kier alpha value is -0.340. The van der Waals surface area contributed by atoms with Gasteiger partial charge in [-0.1, -0.05) is 28.1 Å². The molecule has 0 atom stereocenters. The van der Waals surface area contributed by atoms with Crippen molar-refractivity contribution in [2.45, 2.75) is 25.9 Å². The molecule has 0 aliphatic carbocycles. The van der Waals surface area contributed by atoms with Gasteiger partial charge in [0.05, 0.1) is 0 Å². The van der Waals surface area contributed by atoms with Crippen molar-refractivity contribution in [3.05, 3.63) is 33.8 Å². The Balaban J connectivity index is 2.61. The normalized spacial score (nSPS) is 19.2. The van der Waals surface area contributed by atoms with Crippen molar-refractivity contribution in [2.75, 3.05) is 0 Å². The lowest BCUT2D eigenvalue weighted by Gasteiger charge is -2.19. The van der Waals surface area contributed by atoms with E-state index >= 15 is 0 Å². The zero-order valence-corrected chi connectivity index (χ0v) is 8.90. The smallest absolute Gasteiger partial charge is 0.0383 e. The van der Waals surface area contributed by atoms with Crippen LogP contribution in [0.5, 0.6) is 0 Å². The lowest BCUT2D eigenvalue weighted by atomic mass is 9.95. The van der Waals surface area contributed by atoms with Gasteiger partial charge in [0.25, 0.3) is 0 Å². The van der Waals surface area contributed by atoms with Crippen LogP contribution in [0.2, 0.25) is 0 Å². The Labute approximate surface area is 81.3 Å². The first-order chi connectivity index (χ1) is 5.61. The van der Waals surface area contributed by atoms with Crippen LogP contribution >= 0.6 is 15.9 Å². The molecule has 0 spiro atoms. The Morgan fingerprint density at radius 2 is 2.17 bits per heavy atom. The van der Waals surface area contributed by atoms with Gasteiger partial charge in [0.1, 0.15) is 0 Å². The Bertz CT molecular complexity index is 318. The van der Waals surface area contributed by atoms with Crippen molar-refractivity contribution >= 4 is 15.9 Å². The Morgan fingerprint density at radius 3 is 2.83 bits per heavy atom. The summed E-state index contributed by atoms with van der Waals surface area (Å²) in [4.78, 5) is 0. The summed E-state index contributed by atoms with van der Waals surface area (Å²) in [7, 11) is 0. The molecular formula is C10H12BrN. The molecule has 0 amide bonds. The van der Waals surface area contributed by atoms with Crippen molar-refractivity contribution in [3.8, 4) is 0 Å². The zero-order chi connectivity index (χ0) is 8.77. The first-order valence-corrected chi connectivity index (χ1v) is 4.93. The molecule has 1 heterocycles. The molecule has 1 nitrogen and oxygen atoms in total. The second-order valence-corrected chi connectivity index (χ2v) is 4.60. The quantitative estimate of drug-likeness (QED) is 0.717. The summed E-state index contributed by atoms with van der Waals surface area (Å²) in [5.41, 5.74) is 2.96.